The zero-order valence-electron chi connectivity index (χ0n) is 16.4. The normalized spacial score (nSPS) is 30.1. The molecule has 0 radical (unpaired) electrons. The van der Waals surface area contributed by atoms with E-state index in [4.69, 9.17) is 0 Å². The lowest BCUT2D eigenvalue weighted by atomic mass is 9.82. The van der Waals surface area contributed by atoms with Gasteiger partial charge < -0.3 is 9.47 Å². The number of rotatable bonds is 5. The molecule has 4 atom stereocenters. The van der Waals surface area contributed by atoms with E-state index in [0.29, 0.717) is 11.8 Å². The zero-order chi connectivity index (χ0) is 24.8. The topological polar surface area (TPSA) is 24.9 Å². The smallest absolute Gasteiger partial charge is 0.378 e. The molecule has 190 valence electrons. The average molecular weight is 500 g/mol. The Morgan fingerprint density at radius 2 is 1.38 bits per heavy atom. The van der Waals surface area contributed by atoms with Crippen molar-refractivity contribution in [2.45, 2.75) is 49.8 Å². The third-order valence-electron chi connectivity index (χ3n) is 5.44. The van der Waals surface area contributed by atoms with Gasteiger partial charge in [-0.1, -0.05) is 0 Å². The Kier molecular flexibility index (Phi) is 7.65. The fourth-order valence-electron chi connectivity index (χ4n) is 3.29. The maximum atomic E-state index is 14.6. The minimum atomic E-state index is -5.95. The van der Waals surface area contributed by atoms with Crippen molar-refractivity contribution in [3.05, 3.63) is 0 Å². The number of nitrogens with zero attached hydrogens (tertiary/aromatic N) is 2. The molecule has 0 N–H and O–H groups in total. The maximum Gasteiger partial charge on any atom is 0.460 e. The van der Waals surface area contributed by atoms with Gasteiger partial charge in [0.25, 0.3) is 12.1 Å². The third-order valence-corrected chi connectivity index (χ3v) is 5.44. The van der Waals surface area contributed by atoms with E-state index in [9.17, 15) is 52.7 Å². The van der Waals surface area contributed by atoms with E-state index >= 15 is 0 Å². The molecule has 0 bridgehead atoms. The molecule has 2 aliphatic rings. The first kappa shape index (κ1) is 27.2. The van der Waals surface area contributed by atoms with Crippen LogP contribution in [0.2, 0.25) is 0 Å². The van der Waals surface area contributed by atoms with Crippen LogP contribution < -0.4 is 0 Å². The molecule has 4 nitrogen and oxygen atoms in total. The Bertz CT molecular complexity index is 635. The summed E-state index contributed by atoms with van der Waals surface area (Å²) in [4.78, 5) is 0.382. The molecule has 0 spiro atoms. The van der Waals surface area contributed by atoms with Crippen molar-refractivity contribution in [2.75, 3.05) is 46.0 Å². The molecule has 32 heavy (non-hydrogen) atoms. The van der Waals surface area contributed by atoms with Crippen molar-refractivity contribution in [1.82, 2.24) is 9.80 Å². The first-order chi connectivity index (χ1) is 14.3. The number of hydrogen-bond donors (Lipinski definition) is 0. The van der Waals surface area contributed by atoms with E-state index in [2.05, 4.69) is 9.47 Å². The standard InChI is InChI=1S/C16H20F12N2O2/c1-12(14(21,22)10(17)15(23,24)25)7-31-6-9(32-8-12)13(19,20)11(18)29-2-4-30(5-3-29)16(26,27)28/h9-11H,2-8H2,1H3. The van der Waals surface area contributed by atoms with E-state index in [1.54, 1.807) is 0 Å². The summed E-state index contributed by atoms with van der Waals surface area (Å²) in [5, 5.41) is 0. The summed E-state index contributed by atoms with van der Waals surface area (Å²) >= 11 is 0. The Morgan fingerprint density at radius 1 is 0.844 bits per heavy atom. The fraction of sp³-hybridized carbons (Fsp3) is 1.00. The van der Waals surface area contributed by atoms with Gasteiger partial charge >= 0.3 is 18.4 Å². The van der Waals surface area contributed by atoms with Crippen LogP contribution in [0.5, 0.6) is 0 Å². The van der Waals surface area contributed by atoms with E-state index < -0.39 is 94.3 Å². The molecule has 0 aliphatic carbocycles. The van der Waals surface area contributed by atoms with Gasteiger partial charge in [0.2, 0.25) is 6.30 Å². The maximum absolute atomic E-state index is 14.6. The average Bonchev–Trinajstić information content (AvgIpc) is 2.89. The van der Waals surface area contributed by atoms with Crippen LogP contribution in [0.1, 0.15) is 6.92 Å². The molecule has 16 heteroatoms. The monoisotopic (exact) mass is 500 g/mol. The highest BCUT2D eigenvalue weighted by Gasteiger charge is 2.66. The van der Waals surface area contributed by atoms with Crippen LogP contribution in [0.4, 0.5) is 52.7 Å². The number of halogens is 12. The van der Waals surface area contributed by atoms with Crippen LogP contribution in [0.25, 0.3) is 0 Å². The molecule has 2 aliphatic heterocycles. The Balaban J connectivity index is 2.08. The van der Waals surface area contributed by atoms with Gasteiger partial charge in [-0.05, 0) is 6.92 Å². The Labute approximate surface area is 174 Å². The van der Waals surface area contributed by atoms with Crippen LogP contribution in [0.3, 0.4) is 0 Å². The van der Waals surface area contributed by atoms with E-state index in [1.165, 1.54) is 0 Å². The lowest BCUT2D eigenvalue weighted by Crippen LogP contribution is -2.60. The van der Waals surface area contributed by atoms with Crippen molar-refractivity contribution in [3.63, 3.8) is 0 Å². The minimum Gasteiger partial charge on any atom is -0.378 e. The van der Waals surface area contributed by atoms with Crippen molar-refractivity contribution in [2.24, 2.45) is 5.41 Å². The van der Waals surface area contributed by atoms with Crippen molar-refractivity contribution in [3.8, 4) is 0 Å². The second kappa shape index (κ2) is 8.98. The zero-order valence-corrected chi connectivity index (χ0v) is 16.4. The van der Waals surface area contributed by atoms with E-state index in [0.717, 1.165) is 0 Å². The van der Waals surface area contributed by atoms with Crippen LogP contribution >= 0.6 is 0 Å². The van der Waals surface area contributed by atoms with Gasteiger partial charge in [-0.2, -0.15) is 35.1 Å². The van der Waals surface area contributed by atoms with Crippen LogP contribution in [0.15, 0.2) is 0 Å². The fourth-order valence-corrected chi connectivity index (χ4v) is 3.29. The third kappa shape index (κ3) is 5.38. The summed E-state index contributed by atoms with van der Waals surface area (Å²) in [5.74, 6) is -9.61. The molecule has 0 aromatic rings. The second-order valence-corrected chi connectivity index (χ2v) is 7.90. The van der Waals surface area contributed by atoms with Gasteiger partial charge in [-0.15, -0.1) is 0 Å². The molecule has 0 aromatic heterocycles. The minimum absolute atomic E-state index is 0.0127. The summed E-state index contributed by atoms with van der Waals surface area (Å²) in [5.41, 5.74) is -3.02. The number of hydrogen-bond acceptors (Lipinski definition) is 4. The van der Waals surface area contributed by atoms with E-state index in [-0.39, 0.29) is 4.90 Å². The highest BCUT2D eigenvalue weighted by molar-refractivity contribution is 4.99. The van der Waals surface area contributed by atoms with Crippen LogP contribution in [-0.2, 0) is 9.47 Å². The lowest BCUT2D eigenvalue weighted by molar-refractivity contribution is -0.286. The second-order valence-electron chi connectivity index (χ2n) is 7.90. The van der Waals surface area contributed by atoms with Gasteiger partial charge in [-0.25, -0.2) is 22.5 Å². The Morgan fingerprint density at radius 3 is 1.84 bits per heavy atom. The molecule has 2 saturated heterocycles. The highest BCUT2D eigenvalue weighted by Crippen LogP contribution is 2.48. The van der Waals surface area contributed by atoms with Crippen molar-refractivity contribution in [1.29, 1.82) is 0 Å². The number of ether oxygens (including phenoxy) is 2. The summed E-state index contributed by atoms with van der Waals surface area (Å²) in [6.45, 7) is -6.69. The molecule has 0 saturated carbocycles. The first-order valence-electron chi connectivity index (χ1n) is 9.19. The number of piperazine rings is 1. The van der Waals surface area contributed by atoms with Gasteiger partial charge in [0.05, 0.1) is 25.2 Å². The molecule has 2 heterocycles. The van der Waals surface area contributed by atoms with Crippen LogP contribution in [0, 0.1) is 5.41 Å². The molecule has 0 aromatic carbocycles. The van der Waals surface area contributed by atoms with Crippen LogP contribution in [-0.4, -0.2) is 98.7 Å². The molecule has 2 rings (SSSR count). The summed E-state index contributed by atoms with van der Waals surface area (Å²) in [7, 11) is 0. The summed E-state index contributed by atoms with van der Waals surface area (Å²) in [6.07, 6.45) is -21.1. The molecular formula is C16H20F12N2O2. The predicted octanol–water partition coefficient (Wildman–Crippen LogP) is 4.01. The van der Waals surface area contributed by atoms with Gasteiger partial charge in [0.1, 0.15) is 6.10 Å². The van der Waals surface area contributed by atoms with E-state index in [1.807, 2.05) is 0 Å². The molecular weight excluding hydrogens is 480 g/mol. The molecule has 2 fully saturated rings. The SMILES string of the molecule is CC1(C(F)(F)C(F)C(F)(F)F)COCC(C(F)(F)C(F)N2CCN(C(F)(F)F)CC2)OC1. The van der Waals surface area contributed by atoms with Crippen molar-refractivity contribution >= 4 is 0 Å². The lowest BCUT2D eigenvalue weighted by Gasteiger charge is -2.40. The quantitative estimate of drug-likeness (QED) is 0.421. The summed E-state index contributed by atoms with van der Waals surface area (Å²) < 4.78 is 170. The summed E-state index contributed by atoms with van der Waals surface area (Å²) in [6, 6.07) is 0. The van der Waals surface area contributed by atoms with Gasteiger partial charge in [0.15, 0.2) is 0 Å². The Hall–Kier alpha value is -1.00. The molecule has 0 amide bonds. The first-order valence-corrected chi connectivity index (χ1v) is 9.19. The van der Waals surface area contributed by atoms with Gasteiger partial charge in [0, 0.05) is 26.2 Å². The molecule has 4 unspecified atom stereocenters. The highest BCUT2D eigenvalue weighted by atomic mass is 19.4. The predicted molar refractivity (Wildman–Crippen MR) is 83.6 cm³/mol. The largest absolute Gasteiger partial charge is 0.460 e. The number of alkyl halides is 12. The van der Waals surface area contributed by atoms with Crippen molar-refractivity contribution < 1.29 is 62.2 Å². The van der Waals surface area contributed by atoms with Gasteiger partial charge in [-0.3, -0.25) is 4.90 Å².